The smallest absolute Gasteiger partial charge is 0.260 e. The summed E-state index contributed by atoms with van der Waals surface area (Å²) in [5.74, 6) is 0.864. The molecule has 0 aliphatic rings. The molecule has 1 amide bonds. The van der Waals surface area contributed by atoms with Crippen LogP contribution in [-0.2, 0) is 9.53 Å². The maximum Gasteiger partial charge on any atom is 0.260 e. The molecule has 21 heavy (non-hydrogen) atoms. The summed E-state index contributed by atoms with van der Waals surface area (Å²) >= 11 is 0. The maximum atomic E-state index is 11.8. The van der Waals surface area contributed by atoms with Gasteiger partial charge in [-0.2, -0.15) is 0 Å². The molecule has 0 aliphatic carbocycles. The molecule has 118 valence electrons. The van der Waals surface area contributed by atoms with E-state index in [1.54, 1.807) is 27.2 Å². The average molecular weight is 296 g/mol. The molecule has 6 nitrogen and oxygen atoms in total. The molecule has 6 heteroatoms. The minimum Gasteiger partial charge on any atom is -0.493 e. The molecule has 0 saturated heterocycles. The van der Waals surface area contributed by atoms with Gasteiger partial charge in [-0.3, -0.25) is 4.79 Å². The number of benzene rings is 1. The summed E-state index contributed by atoms with van der Waals surface area (Å²) in [5.41, 5.74) is 6.77. The van der Waals surface area contributed by atoms with Gasteiger partial charge < -0.3 is 25.3 Å². The molecule has 1 aromatic carbocycles. The average Bonchev–Trinajstić information content (AvgIpc) is 2.47. The predicted octanol–water partition coefficient (Wildman–Crippen LogP) is 1.24. The number of rotatable bonds is 8. The molecular weight excluding hydrogens is 272 g/mol. The number of amides is 1. The standard InChI is InChI=1S/C15H24N2O4/c1-10(16)12-5-6-13(14(9-12)20-4)21-11(2)15(18)17-7-8-19-3/h5-6,9-11H,7-8,16H2,1-4H3,(H,17,18)/t10-,11?/m0/s1. The van der Waals surface area contributed by atoms with Gasteiger partial charge in [0.25, 0.3) is 5.91 Å². The lowest BCUT2D eigenvalue weighted by Gasteiger charge is -2.18. The third kappa shape index (κ3) is 5.24. The summed E-state index contributed by atoms with van der Waals surface area (Å²) < 4.78 is 15.8. The maximum absolute atomic E-state index is 11.8. The first kappa shape index (κ1) is 17.3. The molecule has 0 spiro atoms. The molecule has 0 aromatic heterocycles. The van der Waals surface area contributed by atoms with Crippen molar-refractivity contribution in [2.75, 3.05) is 27.4 Å². The highest BCUT2D eigenvalue weighted by Crippen LogP contribution is 2.30. The molecular formula is C15H24N2O4. The summed E-state index contributed by atoms with van der Waals surface area (Å²) in [6.07, 6.45) is -0.628. The Morgan fingerprint density at radius 2 is 2.00 bits per heavy atom. The predicted molar refractivity (Wildman–Crippen MR) is 80.6 cm³/mol. The van der Waals surface area contributed by atoms with Gasteiger partial charge in [-0.15, -0.1) is 0 Å². The van der Waals surface area contributed by atoms with Crippen molar-refractivity contribution in [1.29, 1.82) is 0 Å². The Hall–Kier alpha value is -1.79. The largest absolute Gasteiger partial charge is 0.493 e. The van der Waals surface area contributed by atoms with Gasteiger partial charge in [0.1, 0.15) is 0 Å². The zero-order valence-corrected chi connectivity index (χ0v) is 13.0. The van der Waals surface area contributed by atoms with E-state index >= 15 is 0 Å². The van der Waals surface area contributed by atoms with E-state index in [0.717, 1.165) is 5.56 Å². The number of hydrogen-bond donors (Lipinski definition) is 2. The summed E-state index contributed by atoms with van der Waals surface area (Å²) in [6.45, 7) is 4.48. The van der Waals surface area contributed by atoms with Crippen LogP contribution in [0, 0.1) is 0 Å². The van der Waals surface area contributed by atoms with Gasteiger partial charge in [0.05, 0.1) is 13.7 Å². The van der Waals surface area contributed by atoms with E-state index in [4.69, 9.17) is 19.9 Å². The van der Waals surface area contributed by atoms with Gasteiger partial charge in [-0.1, -0.05) is 6.07 Å². The Kier molecular flexibility index (Phi) is 6.98. The van der Waals surface area contributed by atoms with Crippen LogP contribution in [0.4, 0.5) is 0 Å². The van der Waals surface area contributed by atoms with Gasteiger partial charge in [-0.25, -0.2) is 0 Å². The fraction of sp³-hybridized carbons (Fsp3) is 0.533. The van der Waals surface area contributed by atoms with Crippen molar-refractivity contribution in [1.82, 2.24) is 5.32 Å². The number of nitrogens with two attached hydrogens (primary N) is 1. The molecule has 1 rings (SSSR count). The summed E-state index contributed by atoms with van der Waals surface area (Å²) in [6, 6.07) is 5.34. The minimum absolute atomic E-state index is 0.0947. The monoisotopic (exact) mass is 296 g/mol. The van der Waals surface area contributed by atoms with Crippen molar-refractivity contribution < 1.29 is 19.0 Å². The second-order valence-corrected chi connectivity index (χ2v) is 4.74. The first-order chi connectivity index (χ1) is 9.99. The van der Waals surface area contributed by atoms with Crippen LogP contribution in [0.3, 0.4) is 0 Å². The lowest BCUT2D eigenvalue weighted by molar-refractivity contribution is -0.127. The Morgan fingerprint density at radius 1 is 1.29 bits per heavy atom. The highest BCUT2D eigenvalue weighted by Gasteiger charge is 2.17. The fourth-order valence-corrected chi connectivity index (χ4v) is 1.73. The third-order valence-electron chi connectivity index (χ3n) is 2.99. The Labute approximate surface area is 125 Å². The molecule has 0 saturated carbocycles. The van der Waals surface area contributed by atoms with Crippen molar-refractivity contribution in [3.8, 4) is 11.5 Å². The Morgan fingerprint density at radius 3 is 2.57 bits per heavy atom. The zero-order chi connectivity index (χ0) is 15.8. The number of carbonyl (C=O) groups excluding carboxylic acids is 1. The van der Waals surface area contributed by atoms with E-state index in [-0.39, 0.29) is 11.9 Å². The highest BCUT2D eigenvalue weighted by atomic mass is 16.5. The van der Waals surface area contributed by atoms with Gasteiger partial charge in [0.15, 0.2) is 17.6 Å². The van der Waals surface area contributed by atoms with Crippen molar-refractivity contribution in [3.63, 3.8) is 0 Å². The van der Waals surface area contributed by atoms with E-state index in [1.807, 2.05) is 19.1 Å². The van der Waals surface area contributed by atoms with Crippen LogP contribution < -0.4 is 20.5 Å². The highest BCUT2D eigenvalue weighted by molar-refractivity contribution is 5.80. The van der Waals surface area contributed by atoms with E-state index in [0.29, 0.717) is 24.7 Å². The van der Waals surface area contributed by atoms with E-state index in [9.17, 15) is 4.79 Å². The lowest BCUT2D eigenvalue weighted by Crippen LogP contribution is -2.38. The first-order valence-electron chi connectivity index (χ1n) is 6.86. The van der Waals surface area contributed by atoms with Crippen molar-refractivity contribution in [3.05, 3.63) is 23.8 Å². The summed E-state index contributed by atoms with van der Waals surface area (Å²) in [4.78, 5) is 11.8. The second kappa shape index (κ2) is 8.49. The van der Waals surface area contributed by atoms with Crippen LogP contribution in [-0.4, -0.2) is 39.4 Å². The number of carbonyl (C=O) groups is 1. The lowest BCUT2D eigenvalue weighted by atomic mass is 10.1. The minimum atomic E-state index is -0.628. The number of hydrogen-bond acceptors (Lipinski definition) is 5. The van der Waals surface area contributed by atoms with Gasteiger partial charge in [0, 0.05) is 19.7 Å². The number of methoxy groups -OCH3 is 2. The van der Waals surface area contributed by atoms with Gasteiger partial charge >= 0.3 is 0 Å². The van der Waals surface area contributed by atoms with Gasteiger partial charge in [0.2, 0.25) is 0 Å². The number of ether oxygens (including phenoxy) is 3. The van der Waals surface area contributed by atoms with Crippen LogP contribution in [0.5, 0.6) is 11.5 Å². The fourth-order valence-electron chi connectivity index (χ4n) is 1.73. The second-order valence-electron chi connectivity index (χ2n) is 4.74. The molecule has 3 N–H and O–H groups in total. The molecule has 0 heterocycles. The van der Waals surface area contributed by atoms with Crippen molar-refractivity contribution >= 4 is 5.91 Å². The quantitative estimate of drug-likeness (QED) is 0.705. The molecule has 0 fully saturated rings. The summed E-state index contributed by atoms with van der Waals surface area (Å²) in [5, 5.41) is 2.72. The molecule has 1 aromatic rings. The molecule has 1 unspecified atom stereocenters. The van der Waals surface area contributed by atoms with E-state index in [1.165, 1.54) is 0 Å². The molecule has 2 atom stereocenters. The van der Waals surface area contributed by atoms with Crippen LogP contribution in [0.15, 0.2) is 18.2 Å². The molecule has 0 radical (unpaired) electrons. The van der Waals surface area contributed by atoms with Crippen LogP contribution in [0.25, 0.3) is 0 Å². The Bertz CT molecular complexity index is 463. The molecule has 0 bridgehead atoms. The van der Waals surface area contributed by atoms with Crippen LogP contribution in [0.1, 0.15) is 25.5 Å². The third-order valence-corrected chi connectivity index (χ3v) is 2.99. The summed E-state index contributed by atoms with van der Waals surface area (Å²) in [7, 11) is 3.13. The van der Waals surface area contributed by atoms with Crippen molar-refractivity contribution in [2.45, 2.75) is 26.0 Å². The van der Waals surface area contributed by atoms with E-state index < -0.39 is 6.10 Å². The van der Waals surface area contributed by atoms with Crippen LogP contribution in [0.2, 0.25) is 0 Å². The normalized spacial score (nSPS) is 13.4. The zero-order valence-electron chi connectivity index (χ0n) is 13.0. The SMILES string of the molecule is COCCNC(=O)C(C)Oc1ccc([C@H](C)N)cc1OC. The van der Waals surface area contributed by atoms with Crippen molar-refractivity contribution in [2.24, 2.45) is 5.73 Å². The molecule has 0 aliphatic heterocycles. The van der Waals surface area contributed by atoms with Gasteiger partial charge in [-0.05, 0) is 31.5 Å². The first-order valence-corrected chi connectivity index (χ1v) is 6.86. The van der Waals surface area contributed by atoms with E-state index in [2.05, 4.69) is 5.32 Å². The topological polar surface area (TPSA) is 82.8 Å². The van der Waals surface area contributed by atoms with Crippen LogP contribution >= 0.6 is 0 Å². The Balaban J connectivity index is 2.71. The number of nitrogens with one attached hydrogen (secondary N) is 1.